The first-order valence-electron chi connectivity index (χ1n) is 7.76. The van der Waals surface area contributed by atoms with Crippen LogP contribution in [0.1, 0.15) is 73.6 Å². The number of ether oxygens (including phenoxy) is 1. The monoisotopic (exact) mass is 255 g/mol. The van der Waals surface area contributed by atoms with Crippen molar-refractivity contribution in [1.82, 2.24) is 5.32 Å². The summed E-state index contributed by atoms with van der Waals surface area (Å²) >= 11 is 0. The van der Waals surface area contributed by atoms with Gasteiger partial charge in [-0.25, -0.2) is 0 Å². The van der Waals surface area contributed by atoms with Crippen molar-refractivity contribution >= 4 is 0 Å². The zero-order chi connectivity index (χ0) is 13.8. The van der Waals surface area contributed by atoms with Crippen molar-refractivity contribution in [2.75, 3.05) is 6.54 Å². The van der Waals surface area contributed by atoms with Crippen molar-refractivity contribution in [1.29, 1.82) is 0 Å². The highest BCUT2D eigenvalue weighted by Crippen LogP contribution is 2.44. The van der Waals surface area contributed by atoms with Crippen molar-refractivity contribution in [2.45, 2.75) is 90.9 Å². The van der Waals surface area contributed by atoms with Crippen molar-refractivity contribution in [3.8, 4) is 0 Å². The lowest BCUT2D eigenvalue weighted by Gasteiger charge is -2.33. The molecule has 2 unspecified atom stereocenters. The molecular weight excluding hydrogens is 222 g/mol. The van der Waals surface area contributed by atoms with Gasteiger partial charge in [-0.2, -0.15) is 0 Å². The summed E-state index contributed by atoms with van der Waals surface area (Å²) in [7, 11) is 0. The maximum Gasteiger partial charge on any atom is 0.0677 e. The van der Waals surface area contributed by atoms with Gasteiger partial charge in [-0.3, -0.25) is 0 Å². The molecule has 0 spiro atoms. The second-order valence-corrected chi connectivity index (χ2v) is 6.98. The molecule has 1 aliphatic rings. The number of rotatable bonds is 7. The van der Waals surface area contributed by atoms with E-state index in [0.717, 1.165) is 6.54 Å². The summed E-state index contributed by atoms with van der Waals surface area (Å²) in [6.07, 6.45) is 6.26. The van der Waals surface area contributed by atoms with Crippen LogP contribution in [0.25, 0.3) is 0 Å². The molecule has 0 aliphatic carbocycles. The Kier molecular flexibility index (Phi) is 5.67. The smallest absolute Gasteiger partial charge is 0.0677 e. The van der Waals surface area contributed by atoms with Gasteiger partial charge in [-0.05, 0) is 53.5 Å². The van der Waals surface area contributed by atoms with Crippen LogP contribution in [0.2, 0.25) is 0 Å². The summed E-state index contributed by atoms with van der Waals surface area (Å²) in [5, 5.41) is 3.76. The van der Waals surface area contributed by atoms with Crippen LogP contribution in [0.5, 0.6) is 0 Å². The molecule has 0 bridgehead atoms. The lowest BCUT2D eigenvalue weighted by molar-refractivity contribution is -0.0779. The summed E-state index contributed by atoms with van der Waals surface area (Å²) in [4.78, 5) is 0. The lowest BCUT2D eigenvalue weighted by atomic mass is 9.79. The summed E-state index contributed by atoms with van der Waals surface area (Å²) < 4.78 is 6.25. The van der Waals surface area contributed by atoms with E-state index in [1.165, 1.54) is 32.1 Å². The van der Waals surface area contributed by atoms with Crippen molar-refractivity contribution < 1.29 is 4.74 Å². The van der Waals surface area contributed by atoms with Crippen LogP contribution in [-0.4, -0.2) is 23.8 Å². The Morgan fingerprint density at radius 1 is 1.17 bits per heavy atom. The summed E-state index contributed by atoms with van der Waals surface area (Å²) in [6, 6.07) is 0.613. The molecule has 1 aliphatic heterocycles. The third kappa shape index (κ3) is 4.24. The molecule has 0 aromatic carbocycles. The van der Waals surface area contributed by atoms with E-state index >= 15 is 0 Å². The molecule has 2 heteroatoms. The quantitative estimate of drug-likeness (QED) is 0.738. The van der Waals surface area contributed by atoms with Gasteiger partial charge in [-0.15, -0.1) is 0 Å². The van der Waals surface area contributed by atoms with Crippen LogP contribution >= 0.6 is 0 Å². The molecule has 0 radical (unpaired) electrons. The topological polar surface area (TPSA) is 21.3 Å². The minimum Gasteiger partial charge on any atom is -0.369 e. The van der Waals surface area contributed by atoms with Crippen LogP contribution < -0.4 is 5.32 Å². The maximum absolute atomic E-state index is 6.25. The Morgan fingerprint density at radius 2 is 1.83 bits per heavy atom. The third-order valence-electron chi connectivity index (χ3n) is 4.15. The third-order valence-corrected chi connectivity index (χ3v) is 4.15. The van der Waals surface area contributed by atoms with E-state index in [4.69, 9.17) is 4.74 Å². The average Bonchev–Trinajstić information content (AvgIpc) is 2.47. The maximum atomic E-state index is 6.25. The van der Waals surface area contributed by atoms with E-state index in [-0.39, 0.29) is 11.2 Å². The molecule has 1 fully saturated rings. The molecule has 0 saturated carbocycles. The van der Waals surface area contributed by atoms with Gasteiger partial charge in [0, 0.05) is 12.0 Å². The van der Waals surface area contributed by atoms with Crippen LogP contribution in [0, 0.1) is 5.92 Å². The number of unbranched alkanes of at least 4 members (excludes halogenated alkanes) is 1. The van der Waals surface area contributed by atoms with E-state index in [1.807, 2.05) is 0 Å². The first-order chi connectivity index (χ1) is 8.32. The fourth-order valence-corrected chi connectivity index (χ4v) is 3.43. The highest BCUT2D eigenvalue weighted by molar-refractivity contribution is 4.99. The van der Waals surface area contributed by atoms with E-state index in [9.17, 15) is 0 Å². The predicted molar refractivity (Wildman–Crippen MR) is 79.0 cm³/mol. The van der Waals surface area contributed by atoms with Gasteiger partial charge in [0.25, 0.3) is 0 Å². The van der Waals surface area contributed by atoms with Gasteiger partial charge in [-0.1, -0.05) is 26.7 Å². The molecule has 0 amide bonds. The highest BCUT2D eigenvalue weighted by Gasteiger charge is 2.48. The van der Waals surface area contributed by atoms with Gasteiger partial charge < -0.3 is 10.1 Å². The fraction of sp³-hybridized carbons (Fsp3) is 1.00. The Morgan fingerprint density at radius 3 is 2.28 bits per heavy atom. The normalized spacial score (nSPS) is 27.3. The zero-order valence-electron chi connectivity index (χ0n) is 13.3. The summed E-state index contributed by atoms with van der Waals surface area (Å²) in [5.74, 6) is 0.630. The number of nitrogens with one attached hydrogen (secondary N) is 1. The zero-order valence-corrected chi connectivity index (χ0v) is 13.3. The molecule has 1 saturated heterocycles. The predicted octanol–water partition coefficient (Wildman–Crippen LogP) is 4.14. The standard InChI is InChI=1S/C16H33NO/c1-7-9-10-14(17-11-8-2)13-12-15(3,4)18-16(13,5)6/h13-14,17H,7-12H2,1-6H3. The Balaban J connectivity index is 2.70. The molecule has 2 nitrogen and oxygen atoms in total. The Bertz CT molecular complexity index is 239. The van der Waals surface area contributed by atoms with E-state index in [1.54, 1.807) is 0 Å². The average molecular weight is 255 g/mol. The molecule has 0 aromatic rings. The Hall–Kier alpha value is -0.0800. The molecule has 1 N–H and O–H groups in total. The minimum absolute atomic E-state index is 0.00263. The second kappa shape index (κ2) is 6.38. The van der Waals surface area contributed by atoms with Crippen LogP contribution in [0.15, 0.2) is 0 Å². The minimum atomic E-state index is 0.00263. The van der Waals surface area contributed by atoms with Crippen LogP contribution in [0.4, 0.5) is 0 Å². The van der Waals surface area contributed by atoms with Crippen LogP contribution in [-0.2, 0) is 4.74 Å². The largest absolute Gasteiger partial charge is 0.369 e. The molecule has 0 aromatic heterocycles. The first-order valence-corrected chi connectivity index (χ1v) is 7.76. The molecule has 108 valence electrons. The molecule has 1 heterocycles. The Labute approximate surface area is 114 Å². The van der Waals surface area contributed by atoms with Gasteiger partial charge in [0.1, 0.15) is 0 Å². The summed E-state index contributed by atoms with van der Waals surface area (Å²) in [6.45, 7) is 14.6. The van der Waals surface area contributed by atoms with Crippen molar-refractivity contribution in [3.05, 3.63) is 0 Å². The molecule has 2 atom stereocenters. The van der Waals surface area contributed by atoms with E-state index < -0.39 is 0 Å². The molecule has 1 rings (SSSR count). The first kappa shape index (κ1) is 16.0. The van der Waals surface area contributed by atoms with Gasteiger partial charge >= 0.3 is 0 Å². The fourth-order valence-electron chi connectivity index (χ4n) is 3.43. The second-order valence-electron chi connectivity index (χ2n) is 6.98. The van der Waals surface area contributed by atoms with Gasteiger partial charge in [0.2, 0.25) is 0 Å². The SMILES string of the molecule is CCCCC(NCCC)C1CC(C)(C)OC1(C)C. The summed E-state index contributed by atoms with van der Waals surface area (Å²) in [5.41, 5.74) is 0.0369. The van der Waals surface area contributed by atoms with Gasteiger partial charge in [0.15, 0.2) is 0 Å². The lowest BCUT2D eigenvalue weighted by Crippen LogP contribution is -2.44. The highest BCUT2D eigenvalue weighted by atomic mass is 16.5. The van der Waals surface area contributed by atoms with Gasteiger partial charge in [0.05, 0.1) is 11.2 Å². The van der Waals surface area contributed by atoms with E-state index in [0.29, 0.717) is 12.0 Å². The van der Waals surface area contributed by atoms with Crippen LogP contribution in [0.3, 0.4) is 0 Å². The van der Waals surface area contributed by atoms with Crippen molar-refractivity contribution in [3.63, 3.8) is 0 Å². The number of hydrogen-bond acceptors (Lipinski definition) is 2. The molecule has 18 heavy (non-hydrogen) atoms. The number of hydrogen-bond donors (Lipinski definition) is 1. The molecular formula is C16H33NO. The van der Waals surface area contributed by atoms with Crippen molar-refractivity contribution in [2.24, 2.45) is 5.92 Å². The van der Waals surface area contributed by atoms with E-state index in [2.05, 4.69) is 46.9 Å².